The van der Waals surface area contributed by atoms with E-state index in [1.165, 1.54) is 0 Å². The number of hydrogen-bond donors (Lipinski definition) is 0. The van der Waals surface area contributed by atoms with Gasteiger partial charge >= 0.3 is 0 Å². The summed E-state index contributed by atoms with van der Waals surface area (Å²) in [4.78, 5) is 3.36. The molecule has 0 aliphatic heterocycles. The van der Waals surface area contributed by atoms with Gasteiger partial charge in [0.15, 0.2) is 0 Å². The van der Waals surface area contributed by atoms with Crippen LogP contribution >= 0.6 is 0 Å². The predicted molar refractivity (Wildman–Crippen MR) is 47.3 cm³/mol. The second kappa shape index (κ2) is 4.83. The Kier molecular flexibility index (Phi) is 4.42. The molecule has 0 N–H and O–H groups in total. The molecule has 0 heterocycles. The first-order chi connectivity index (χ1) is 5.13. The molecule has 2 heteroatoms. The fourth-order valence-corrected chi connectivity index (χ4v) is 0.902. The monoisotopic (exact) mass is 155 g/mol. The van der Waals surface area contributed by atoms with Gasteiger partial charge in [-0.15, -0.1) is 0 Å². The Hall–Kier alpha value is -0.920. The zero-order valence-electron chi connectivity index (χ0n) is 7.26. The first-order valence-corrected chi connectivity index (χ1v) is 3.61. The van der Waals surface area contributed by atoms with Gasteiger partial charge in [0.25, 0.3) is 0 Å². The van der Waals surface area contributed by atoms with E-state index < -0.39 is 0 Å². The van der Waals surface area contributed by atoms with Crippen LogP contribution in [0.25, 0.3) is 0 Å². The van der Waals surface area contributed by atoms with Crippen molar-refractivity contribution in [2.75, 3.05) is 0 Å². The predicted octanol–water partition coefficient (Wildman–Crippen LogP) is 3.10. The van der Waals surface area contributed by atoms with Crippen molar-refractivity contribution < 1.29 is 4.39 Å². The molecule has 0 aromatic heterocycles. The van der Waals surface area contributed by atoms with Crippen molar-refractivity contribution in [2.45, 2.75) is 20.8 Å². The molecule has 0 rings (SSSR count). The fourth-order valence-electron chi connectivity index (χ4n) is 0.902. The van der Waals surface area contributed by atoms with Gasteiger partial charge in [-0.3, -0.25) is 4.99 Å². The summed E-state index contributed by atoms with van der Waals surface area (Å²) in [5.41, 5.74) is 0.678. The van der Waals surface area contributed by atoms with E-state index in [0.29, 0.717) is 5.57 Å². The largest absolute Gasteiger partial charge is 0.269 e. The van der Waals surface area contributed by atoms with Crippen molar-refractivity contribution in [3.05, 3.63) is 23.7 Å². The molecule has 0 amide bonds. The highest BCUT2D eigenvalue weighted by Crippen LogP contribution is 2.19. The summed E-state index contributed by atoms with van der Waals surface area (Å²) in [6.07, 6.45) is 2.89. The van der Waals surface area contributed by atoms with Gasteiger partial charge in [-0.1, -0.05) is 19.9 Å². The third kappa shape index (κ3) is 3.12. The van der Waals surface area contributed by atoms with Gasteiger partial charge in [0.1, 0.15) is 5.83 Å². The van der Waals surface area contributed by atoms with E-state index in [9.17, 15) is 4.39 Å². The highest BCUT2D eigenvalue weighted by molar-refractivity contribution is 5.31. The molecular formula is C9H14FN. The minimum Gasteiger partial charge on any atom is -0.269 e. The number of nitrogens with zero attached hydrogens (tertiary/aromatic N) is 1. The van der Waals surface area contributed by atoms with Crippen LogP contribution in [0.1, 0.15) is 20.8 Å². The van der Waals surface area contributed by atoms with Crippen molar-refractivity contribution in [2.24, 2.45) is 10.9 Å². The Morgan fingerprint density at radius 3 is 2.36 bits per heavy atom. The summed E-state index contributed by atoms with van der Waals surface area (Å²) in [5, 5.41) is 0. The van der Waals surface area contributed by atoms with Gasteiger partial charge in [0, 0.05) is 0 Å². The molecule has 0 saturated heterocycles. The van der Waals surface area contributed by atoms with E-state index in [2.05, 4.69) is 11.7 Å². The first-order valence-electron chi connectivity index (χ1n) is 3.61. The zero-order valence-corrected chi connectivity index (χ0v) is 7.26. The van der Waals surface area contributed by atoms with Gasteiger partial charge < -0.3 is 0 Å². The average Bonchev–Trinajstić information content (AvgIpc) is 1.88. The highest BCUT2D eigenvalue weighted by Gasteiger charge is 2.06. The maximum atomic E-state index is 13.0. The van der Waals surface area contributed by atoms with Crippen LogP contribution in [0.15, 0.2) is 28.7 Å². The Morgan fingerprint density at radius 2 is 2.09 bits per heavy atom. The van der Waals surface area contributed by atoms with Crippen molar-refractivity contribution >= 4 is 6.72 Å². The van der Waals surface area contributed by atoms with Gasteiger partial charge in [-0.2, -0.15) is 0 Å². The quantitative estimate of drug-likeness (QED) is 0.438. The van der Waals surface area contributed by atoms with E-state index >= 15 is 0 Å². The Balaban J connectivity index is 4.53. The van der Waals surface area contributed by atoms with Crippen molar-refractivity contribution in [3.63, 3.8) is 0 Å². The number of aliphatic imine (C=N–C) groups is 1. The van der Waals surface area contributed by atoms with E-state index in [1.807, 2.05) is 20.8 Å². The molecule has 0 saturated carbocycles. The molecule has 0 spiro atoms. The average molecular weight is 155 g/mol. The molecule has 0 aliphatic carbocycles. The van der Waals surface area contributed by atoms with Gasteiger partial charge in [-0.25, -0.2) is 4.39 Å². The molecular weight excluding hydrogens is 141 g/mol. The van der Waals surface area contributed by atoms with Crippen LogP contribution in [0.5, 0.6) is 0 Å². The maximum absolute atomic E-state index is 13.0. The molecule has 0 unspecified atom stereocenters. The van der Waals surface area contributed by atoms with Crippen LogP contribution in [0.4, 0.5) is 4.39 Å². The van der Waals surface area contributed by atoms with Crippen LogP contribution < -0.4 is 0 Å². The summed E-state index contributed by atoms with van der Waals surface area (Å²) < 4.78 is 13.0. The summed E-state index contributed by atoms with van der Waals surface area (Å²) in [6.45, 7) is 8.87. The maximum Gasteiger partial charge on any atom is 0.144 e. The van der Waals surface area contributed by atoms with Gasteiger partial charge in [0.05, 0.1) is 6.20 Å². The van der Waals surface area contributed by atoms with Crippen molar-refractivity contribution in [1.82, 2.24) is 0 Å². The molecule has 0 atom stereocenters. The third-order valence-electron chi connectivity index (χ3n) is 1.41. The summed E-state index contributed by atoms with van der Waals surface area (Å²) in [7, 11) is 0. The number of allylic oxidation sites excluding steroid dienone is 3. The molecule has 11 heavy (non-hydrogen) atoms. The Morgan fingerprint density at radius 1 is 1.55 bits per heavy atom. The molecule has 0 aromatic rings. The fraction of sp³-hybridized carbons (Fsp3) is 0.444. The van der Waals surface area contributed by atoms with Gasteiger partial charge in [0.2, 0.25) is 0 Å². The second-order valence-electron chi connectivity index (χ2n) is 2.56. The van der Waals surface area contributed by atoms with Crippen LogP contribution in [0, 0.1) is 5.92 Å². The van der Waals surface area contributed by atoms with E-state index in [4.69, 9.17) is 0 Å². The minimum absolute atomic E-state index is 0.193. The lowest BCUT2D eigenvalue weighted by atomic mass is 10.0. The van der Waals surface area contributed by atoms with Crippen molar-refractivity contribution in [3.8, 4) is 0 Å². The molecule has 0 aliphatic rings. The van der Waals surface area contributed by atoms with Crippen molar-refractivity contribution in [1.29, 1.82) is 0 Å². The third-order valence-corrected chi connectivity index (χ3v) is 1.41. The van der Waals surface area contributed by atoms with E-state index in [1.54, 1.807) is 6.08 Å². The normalized spacial score (nSPS) is 13.9. The smallest absolute Gasteiger partial charge is 0.144 e. The lowest BCUT2D eigenvalue weighted by Crippen LogP contribution is -1.93. The topological polar surface area (TPSA) is 12.4 Å². The molecule has 0 radical (unpaired) electrons. The van der Waals surface area contributed by atoms with Gasteiger partial charge in [-0.05, 0) is 25.1 Å². The zero-order chi connectivity index (χ0) is 8.85. The Bertz CT molecular complexity index is 190. The lowest BCUT2D eigenvalue weighted by Gasteiger charge is -2.06. The van der Waals surface area contributed by atoms with Crippen LogP contribution in [0.3, 0.4) is 0 Å². The molecule has 0 aromatic carbocycles. The SMILES string of the molecule is C=N/C=C(F)\C(=C/C)C(C)C. The van der Waals surface area contributed by atoms with Crippen LogP contribution in [0.2, 0.25) is 0 Å². The van der Waals surface area contributed by atoms with E-state index in [0.717, 1.165) is 6.20 Å². The molecule has 0 fully saturated rings. The van der Waals surface area contributed by atoms with Crippen LogP contribution in [-0.4, -0.2) is 6.72 Å². The molecule has 0 bridgehead atoms. The summed E-state index contributed by atoms with van der Waals surface area (Å²) in [5.74, 6) is -0.101. The lowest BCUT2D eigenvalue weighted by molar-refractivity contribution is 0.605. The number of halogens is 1. The van der Waals surface area contributed by atoms with E-state index in [-0.39, 0.29) is 11.7 Å². The first kappa shape index (κ1) is 10.1. The second-order valence-corrected chi connectivity index (χ2v) is 2.56. The summed E-state index contributed by atoms with van der Waals surface area (Å²) >= 11 is 0. The Labute approximate surface area is 67.3 Å². The minimum atomic E-state index is -0.294. The summed E-state index contributed by atoms with van der Waals surface area (Å²) in [6, 6.07) is 0. The number of hydrogen-bond acceptors (Lipinski definition) is 1. The highest BCUT2D eigenvalue weighted by atomic mass is 19.1. The van der Waals surface area contributed by atoms with Crippen LogP contribution in [-0.2, 0) is 0 Å². The molecule has 62 valence electrons. The standard InChI is InChI=1S/C9H14FN/c1-5-8(7(2)3)9(10)6-11-4/h5-7H,4H2,1-3H3/b8-5-,9-6+. The molecule has 1 nitrogen and oxygen atoms in total. The number of rotatable bonds is 3.